The van der Waals surface area contributed by atoms with Gasteiger partial charge in [0.05, 0.1) is 5.02 Å². The Balaban J connectivity index is 1.42. The molecule has 4 fully saturated rings. The first kappa shape index (κ1) is 16.2. The molecule has 4 bridgehead atoms. The number of benzene rings is 1. The number of carbonyl (C=O) groups is 1. The standard InChI is InChI=1S/C19H23ClFNO2/c1-11(24-17-3-2-15(21)7-16(17)20)18(23)22-19-8-12-4-13(9-19)6-14(5-12)10-19/h2-3,7,11-14H,4-6,8-10H2,1H3,(H,22,23)/t11-,12?,13?,14?,19?/m1/s1. The van der Waals surface area contributed by atoms with Crippen molar-refractivity contribution in [2.24, 2.45) is 17.8 Å². The zero-order valence-corrected chi connectivity index (χ0v) is 14.6. The number of amides is 1. The molecule has 1 atom stereocenters. The highest BCUT2D eigenvalue weighted by Gasteiger charge is 2.51. The molecule has 0 aliphatic heterocycles. The molecular weight excluding hydrogens is 329 g/mol. The minimum atomic E-state index is -0.652. The molecule has 4 saturated carbocycles. The maximum absolute atomic E-state index is 13.1. The highest BCUT2D eigenvalue weighted by atomic mass is 35.5. The van der Waals surface area contributed by atoms with Crippen LogP contribution in [0.3, 0.4) is 0 Å². The molecule has 0 spiro atoms. The molecule has 1 N–H and O–H groups in total. The second kappa shape index (κ2) is 5.91. The fourth-order valence-corrected chi connectivity index (χ4v) is 5.65. The first-order valence-electron chi connectivity index (χ1n) is 8.86. The van der Waals surface area contributed by atoms with Gasteiger partial charge in [-0.3, -0.25) is 4.79 Å². The highest BCUT2D eigenvalue weighted by Crippen LogP contribution is 2.55. The van der Waals surface area contributed by atoms with Crippen molar-refractivity contribution in [2.75, 3.05) is 0 Å². The lowest BCUT2D eigenvalue weighted by Gasteiger charge is -2.57. The molecule has 0 unspecified atom stereocenters. The molecule has 130 valence electrons. The van der Waals surface area contributed by atoms with E-state index in [0.717, 1.165) is 37.0 Å². The van der Waals surface area contributed by atoms with Crippen molar-refractivity contribution >= 4 is 17.5 Å². The third-order valence-electron chi connectivity index (χ3n) is 5.99. The Morgan fingerprint density at radius 1 is 1.25 bits per heavy atom. The lowest BCUT2D eigenvalue weighted by Crippen LogP contribution is -2.61. The Kier molecular flexibility index (Phi) is 3.98. The quantitative estimate of drug-likeness (QED) is 0.876. The predicted octanol–water partition coefficient (Wildman–Crippen LogP) is 4.33. The summed E-state index contributed by atoms with van der Waals surface area (Å²) in [5, 5.41) is 3.48. The number of carbonyl (C=O) groups excluding carboxylic acids is 1. The van der Waals surface area contributed by atoms with Crippen LogP contribution in [0.5, 0.6) is 5.75 Å². The smallest absolute Gasteiger partial charge is 0.261 e. The van der Waals surface area contributed by atoms with Crippen LogP contribution >= 0.6 is 11.6 Å². The first-order valence-corrected chi connectivity index (χ1v) is 9.24. The van der Waals surface area contributed by atoms with E-state index in [1.807, 2.05) is 0 Å². The second-order valence-corrected chi connectivity index (χ2v) is 8.43. The Bertz CT molecular complexity index is 627. The molecule has 1 aromatic carbocycles. The fraction of sp³-hybridized carbons (Fsp3) is 0.632. The summed E-state index contributed by atoms with van der Waals surface area (Å²) in [6, 6.07) is 3.94. The van der Waals surface area contributed by atoms with Gasteiger partial charge < -0.3 is 10.1 Å². The largest absolute Gasteiger partial charge is 0.479 e. The maximum Gasteiger partial charge on any atom is 0.261 e. The van der Waals surface area contributed by atoms with Gasteiger partial charge in [-0.25, -0.2) is 4.39 Å². The van der Waals surface area contributed by atoms with E-state index in [1.165, 1.54) is 37.5 Å². The maximum atomic E-state index is 13.1. The van der Waals surface area contributed by atoms with Crippen molar-refractivity contribution in [3.8, 4) is 5.75 Å². The van der Waals surface area contributed by atoms with Crippen molar-refractivity contribution in [3.63, 3.8) is 0 Å². The van der Waals surface area contributed by atoms with E-state index in [-0.39, 0.29) is 16.5 Å². The average molecular weight is 352 g/mol. The summed E-state index contributed by atoms with van der Waals surface area (Å²) in [5.74, 6) is 2.15. The molecule has 3 nitrogen and oxygen atoms in total. The Labute approximate surface area is 146 Å². The van der Waals surface area contributed by atoms with Crippen molar-refractivity contribution in [1.82, 2.24) is 5.32 Å². The number of hydrogen-bond acceptors (Lipinski definition) is 2. The minimum Gasteiger partial charge on any atom is -0.479 e. The predicted molar refractivity (Wildman–Crippen MR) is 90.5 cm³/mol. The fourth-order valence-electron chi connectivity index (χ4n) is 5.44. The number of nitrogens with one attached hydrogen (secondary N) is 1. The molecule has 4 aliphatic rings. The van der Waals surface area contributed by atoms with Gasteiger partial charge >= 0.3 is 0 Å². The Morgan fingerprint density at radius 2 is 1.83 bits per heavy atom. The molecule has 0 aromatic heterocycles. The van der Waals surface area contributed by atoms with Gasteiger partial charge in [0, 0.05) is 5.54 Å². The molecular formula is C19H23ClFNO2. The lowest BCUT2D eigenvalue weighted by molar-refractivity contribution is -0.133. The van der Waals surface area contributed by atoms with Gasteiger partial charge in [0.1, 0.15) is 11.6 Å². The summed E-state index contributed by atoms with van der Waals surface area (Å²) in [6.07, 6.45) is 6.68. The number of hydrogen-bond donors (Lipinski definition) is 1. The van der Waals surface area contributed by atoms with Crippen LogP contribution in [0.1, 0.15) is 45.4 Å². The summed E-state index contributed by atoms with van der Waals surface area (Å²) in [4.78, 5) is 12.7. The number of halogens is 2. The molecule has 0 radical (unpaired) electrons. The van der Waals surface area contributed by atoms with Crippen LogP contribution in [-0.2, 0) is 4.79 Å². The van der Waals surface area contributed by atoms with Gasteiger partial charge in [-0.15, -0.1) is 0 Å². The van der Waals surface area contributed by atoms with Crippen LogP contribution in [0.4, 0.5) is 4.39 Å². The van der Waals surface area contributed by atoms with Crippen molar-refractivity contribution in [1.29, 1.82) is 0 Å². The lowest BCUT2D eigenvalue weighted by atomic mass is 9.53. The molecule has 5 heteroatoms. The average Bonchev–Trinajstić information content (AvgIpc) is 2.48. The molecule has 0 heterocycles. The van der Waals surface area contributed by atoms with E-state index >= 15 is 0 Å². The summed E-state index contributed by atoms with van der Waals surface area (Å²) in [7, 11) is 0. The number of rotatable bonds is 4. The van der Waals surface area contributed by atoms with E-state index in [1.54, 1.807) is 6.92 Å². The summed E-state index contributed by atoms with van der Waals surface area (Å²) in [5.41, 5.74) is -0.0317. The third-order valence-corrected chi connectivity index (χ3v) is 6.29. The highest BCUT2D eigenvalue weighted by molar-refractivity contribution is 6.32. The second-order valence-electron chi connectivity index (χ2n) is 8.02. The van der Waals surface area contributed by atoms with Crippen LogP contribution in [-0.4, -0.2) is 17.6 Å². The van der Waals surface area contributed by atoms with Crippen molar-refractivity contribution < 1.29 is 13.9 Å². The van der Waals surface area contributed by atoms with E-state index in [4.69, 9.17) is 16.3 Å². The van der Waals surface area contributed by atoms with Crippen LogP contribution in [0.2, 0.25) is 5.02 Å². The first-order chi connectivity index (χ1) is 11.4. The van der Waals surface area contributed by atoms with Gasteiger partial charge in [-0.05, 0) is 81.4 Å². The zero-order chi connectivity index (χ0) is 16.9. The van der Waals surface area contributed by atoms with Crippen LogP contribution in [0.15, 0.2) is 18.2 Å². The van der Waals surface area contributed by atoms with E-state index in [0.29, 0.717) is 5.75 Å². The SMILES string of the molecule is C[C@@H](Oc1ccc(F)cc1Cl)C(=O)NC12CC3CC(CC(C3)C1)C2. The molecule has 24 heavy (non-hydrogen) atoms. The van der Waals surface area contributed by atoms with E-state index in [2.05, 4.69) is 5.32 Å². The van der Waals surface area contributed by atoms with Crippen LogP contribution in [0, 0.1) is 23.6 Å². The monoisotopic (exact) mass is 351 g/mol. The number of ether oxygens (including phenoxy) is 1. The molecule has 5 rings (SSSR count). The van der Waals surface area contributed by atoms with Gasteiger partial charge in [-0.1, -0.05) is 11.6 Å². The van der Waals surface area contributed by atoms with Crippen molar-refractivity contribution in [2.45, 2.75) is 57.1 Å². The summed E-state index contributed by atoms with van der Waals surface area (Å²) in [6.45, 7) is 1.72. The van der Waals surface area contributed by atoms with Gasteiger partial charge in [0.25, 0.3) is 5.91 Å². The normalized spacial score (nSPS) is 34.9. The molecule has 4 aliphatic carbocycles. The van der Waals surface area contributed by atoms with Gasteiger partial charge in [-0.2, -0.15) is 0 Å². The van der Waals surface area contributed by atoms with Crippen LogP contribution < -0.4 is 10.1 Å². The minimum absolute atomic E-state index is 0.0317. The molecule has 0 saturated heterocycles. The summed E-state index contributed by atoms with van der Waals surface area (Å²) < 4.78 is 18.8. The van der Waals surface area contributed by atoms with E-state index in [9.17, 15) is 9.18 Å². The van der Waals surface area contributed by atoms with Crippen molar-refractivity contribution in [3.05, 3.63) is 29.0 Å². The third kappa shape index (κ3) is 3.01. The van der Waals surface area contributed by atoms with Gasteiger partial charge in [0.15, 0.2) is 6.10 Å². The van der Waals surface area contributed by atoms with Gasteiger partial charge in [0.2, 0.25) is 0 Å². The summed E-state index contributed by atoms with van der Waals surface area (Å²) >= 11 is 5.98. The Morgan fingerprint density at radius 3 is 2.38 bits per heavy atom. The topological polar surface area (TPSA) is 38.3 Å². The zero-order valence-electron chi connectivity index (χ0n) is 13.9. The van der Waals surface area contributed by atoms with Crippen LogP contribution in [0.25, 0.3) is 0 Å². The molecule has 1 aromatic rings. The molecule has 1 amide bonds. The van der Waals surface area contributed by atoms with E-state index < -0.39 is 11.9 Å². The Hall–Kier alpha value is -1.29.